The van der Waals surface area contributed by atoms with Crippen molar-refractivity contribution in [3.8, 4) is 0 Å². The van der Waals surface area contributed by atoms with Crippen LogP contribution >= 0.6 is 0 Å². The first-order valence-corrected chi connectivity index (χ1v) is 5.28. The molecule has 0 saturated carbocycles. The third-order valence-corrected chi connectivity index (χ3v) is 1.83. The number of carbonyl (C=O) groups excluding carboxylic acids is 2. The smallest absolute Gasteiger partial charge is 0.302 e. The average molecular weight is 238 g/mol. The highest BCUT2D eigenvalue weighted by Crippen LogP contribution is 1.99. The van der Waals surface area contributed by atoms with Crippen molar-refractivity contribution in [2.45, 2.75) is 20.3 Å². The van der Waals surface area contributed by atoms with Gasteiger partial charge < -0.3 is 9.47 Å². The van der Waals surface area contributed by atoms with Gasteiger partial charge in [-0.15, -0.1) is 0 Å². The SMILES string of the molecule is CC(=O)OCCc1ccccc1.COC(C)=O. The van der Waals surface area contributed by atoms with Gasteiger partial charge in [0, 0.05) is 20.3 Å². The largest absolute Gasteiger partial charge is 0.469 e. The maximum atomic E-state index is 10.4. The second kappa shape index (κ2) is 9.39. The van der Waals surface area contributed by atoms with E-state index in [1.165, 1.54) is 26.5 Å². The second-order valence-electron chi connectivity index (χ2n) is 3.27. The summed E-state index contributed by atoms with van der Waals surface area (Å²) < 4.78 is 8.92. The number of methoxy groups -OCH3 is 1. The molecule has 0 N–H and O–H groups in total. The Hall–Kier alpha value is -1.84. The van der Waals surface area contributed by atoms with E-state index in [1.54, 1.807) is 0 Å². The Morgan fingerprint density at radius 3 is 2.00 bits per heavy atom. The molecule has 94 valence electrons. The van der Waals surface area contributed by atoms with Gasteiger partial charge in [0.25, 0.3) is 0 Å². The number of ether oxygens (including phenoxy) is 2. The van der Waals surface area contributed by atoms with Gasteiger partial charge in [0.15, 0.2) is 0 Å². The summed E-state index contributed by atoms with van der Waals surface area (Å²) in [6.45, 7) is 3.25. The molecule has 4 heteroatoms. The van der Waals surface area contributed by atoms with Crippen LogP contribution in [0.1, 0.15) is 19.4 Å². The number of esters is 2. The number of carbonyl (C=O) groups is 2. The fourth-order valence-corrected chi connectivity index (χ4v) is 0.957. The lowest BCUT2D eigenvalue weighted by Gasteiger charge is -2.00. The Bertz CT molecular complexity index is 333. The molecule has 0 atom stereocenters. The number of rotatable bonds is 3. The van der Waals surface area contributed by atoms with Crippen molar-refractivity contribution in [2.75, 3.05) is 13.7 Å². The summed E-state index contributed by atoms with van der Waals surface area (Å²) in [4.78, 5) is 20.0. The minimum Gasteiger partial charge on any atom is -0.469 e. The van der Waals surface area contributed by atoms with Crippen LogP contribution in [0.5, 0.6) is 0 Å². The van der Waals surface area contributed by atoms with Crippen molar-refractivity contribution in [1.82, 2.24) is 0 Å². The first kappa shape index (κ1) is 15.2. The predicted octanol–water partition coefficient (Wildman–Crippen LogP) is 1.97. The lowest BCUT2D eigenvalue weighted by atomic mass is 10.2. The molecule has 4 nitrogen and oxygen atoms in total. The van der Waals surface area contributed by atoms with E-state index in [0.29, 0.717) is 6.61 Å². The lowest BCUT2D eigenvalue weighted by Crippen LogP contribution is -2.02. The molecule has 0 aliphatic rings. The summed E-state index contributed by atoms with van der Waals surface area (Å²) in [6.07, 6.45) is 0.792. The third kappa shape index (κ3) is 10.4. The van der Waals surface area contributed by atoms with Gasteiger partial charge in [-0.25, -0.2) is 0 Å². The zero-order valence-electron chi connectivity index (χ0n) is 10.4. The van der Waals surface area contributed by atoms with Crippen LogP contribution in [0.2, 0.25) is 0 Å². The van der Waals surface area contributed by atoms with Crippen molar-refractivity contribution in [2.24, 2.45) is 0 Å². The predicted molar refractivity (Wildman–Crippen MR) is 64.5 cm³/mol. The quantitative estimate of drug-likeness (QED) is 0.755. The molecule has 0 aliphatic carbocycles. The minimum absolute atomic E-state index is 0.217. The fourth-order valence-electron chi connectivity index (χ4n) is 0.957. The van der Waals surface area contributed by atoms with Crippen LogP contribution in [0.4, 0.5) is 0 Å². The molecular weight excluding hydrogens is 220 g/mol. The first-order valence-electron chi connectivity index (χ1n) is 5.28. The Labute approximate surface area is 102 Å². The highest BCUT2D eigenvalue weighted by atomic mass is 16.5. The third-order valence-electron chi connectivity index (χ3n) is 1.83. The molecule has 0 radical (unpaired) electrons. The minimum atomic E-state index is -0.245. The van der Waals surface area contributed by atoms with E-state index in [9.17, 15) is 9.59 Å². The molecule has 1 rings (SSSR count). The molecule has 17 heavy (non-hydrogen) atoms. The van der Waals surface area contributed by atoms with Crippen molar-refractivity contribution in [3.05, 3.63) is 35.9 Å². The number of hydrogen-bond acceptors (Lipinski definition) is 4. The Balaban J connectivity index is 0.000000437. The normalized spacial score (nSPS) is 8.65. The van der Waals surface area contributed by atoms with Crippen LogP contribution in [-0.4, -0.2) is 25.7 Å². The van der Waals surface area contributed by atoms with Crippen molar-refractivity contribution in [3.63, 3.8) is 0 Å². The summed E-state index contributed by atoms with van der Waals surface area (Å²) in [6, 6.07) is 9.95. The maximum absolute atomic E-state index is 10.4. The van der Waals surface area contributed by atoms with E-state index in [2.05, 4.69) is 4.74 Å². The monoisotopic (exact) mass is 238 g/mol. The van der Waals surface area contributed by atoms with E-state index in [1.807, 2.05) is 30.3 Å². The molecule has 0 heterocycles. The van der Waals surface area contributed by atoms with Crippen molar-refractivity contribution >= 4 is 11.9 Å². The summed E-state index contributed by atoms with van der Waals surface area (Å²) >= 11 is 0. The zero-order valence-corrected chi connectivity index (χ0v) is 10.4. The molecule has 0 spiro atoms. The van der Waals surface area contributed by atoms with E-state index in [0.717, 1.165) is 6.42 Å². The molecule has 0 saturated heterocycles. The van der Waals surface area contributed by atoms with Gasteiger partial charge in [-0.1, -0.05) is 30.3 Å². The fraction of sp³-hybridized carbons (Fsp3) is 0.385. The van der Waals surface area contributed by atoms with Crippen LogP contribution < -0.4 is 0 Å². The highest BCUT2D eigenvalue weighted by molar-refractivity contribution is 5.66. The van der Waals surface area contributed by atoms with Crippen molar-refractivity contribution in [1.29, 1.82) is 0 Å². The number of benzene rings is 1. The van der Waals surface area contributed by atoms with Crippen LogP contribution in [0.25, 0.3) is 0 Å². The molecule has 0 amide bonds. The van der Waals surface area contributed by atoms with Gasteiger partial charge in [-0.3, -0.25) is 9.59 Å². The van der Waals surface area contributed by atoms with Gasteiger partial charge in [0.05, 0.1) is 13.7 Å². The van der Waals surface area contributed by atoms with E-state index < -0.39 is 0 Å². The summed E-state index contributed by atoms with van der Waals surface area (Å²) in [5.41, 5.74) is 1.19. The Morgan fingerprint density at radius 1 is 1.06 bits per heavy atom. The van der Waals surface area contributed by atoms with E-state index in [4.69, 9.17) is 4.74 Å². The molecule has 1 aromatic carbocycles. The average Bonchev–Trinajstić information content (AvgIpc) is 2.30. The van der Waals surface area contributed by atoms with Crippen molar-refractivity contribution < 1.29 is 19.1 Å². The summed E-state index contributed by atoms with van der Waals surface area (Å²) in [7, 11) is 1.35. The van der Waals surface area contributed by atoms with Crippen LogP contribution in [-0.2, 0) is 25.5 Å². The molecule has 0 aromatic heterocycles. The van der Waals surface area contributed by atoms with E-state index in [-0.39, 0.29) is 11.9 Å². The Kier molecular flexibility index (Phi) is 8.37. The molecule has 0 fully saturated rings. The summed E-state index contributed by atoms with van der Waals surface area (Å²) in [5, 5.41) is 0. The highest BCUT2D eigenvalue weighted by Gasteiger charge is 1.93. The van der Waals surface area contributed by atoms with Gasteiger partial charge in [0.1, 0.15) is 0 Å². The second-order valence-corrected chi connectivity index (χ2v) is 3.27. The number of hydrogen-bond donors (Lipinski definition) is 0. The molecule has 1 aromatic rings. The molecular formula is C13H18O4. The summed E-state index contributed by atoms with van der Waals surface area (Å²) in [5.74, 6) is -0.462. The zero-order chi connectivity index (χ0) is 13.1. The van der Waals surface area contributed by atoms with Gasteiger partial charge in [-0.2, -0.15) is 0 Å². The van der Waals surface area contributed by atoms with E-state index >= 15 is 0 Å². The lowest BCUT2D eigenvalue weighted by molar-refractivity contribution is -0.141. The van der Waals surface area contributed by atoms with Crippen LogP contribution in [0.3, 0.4) is 0 Å². The standard InChI is InChI=1S/C10H12O2.C3H6O2/c1-9(11)12-8-7-10-5-3-2-4-6-10;1-3(4)5-2/h2-6H,7-8H2,1H3;1-2H3. The Morgan fingerprint density at radius 2 is 1.59 bits per heavy atom. The van der Waals surface area contributed by atoms with Gasteiger partial charge in [-0.05, 0) is 5.56 Å². The van der Waals surface area contributed by atoms with Crippen LogP contribution in [0.15, 0.2) is 30.3 Å². The van der Waals surface area contributed by atoms with Gasteiger partial charge in [0.2, 0.25) is 0 Å². The molecule has 0 unspecified atom stereocenters. The molecule has 0 aliphatic heterocycles. The first-order chi connectivity index (χ1) is 8.06. The topological polar surface area (TPSA) is 52.6 Å². The maximum Gasteiger partial charge on any atom is 0.302 e. The van der Waals surface area contributed by atoms with Crippen LogP contribution in [0, 0.1) is 0 Å². The van der Waals surface area contributed by atoms with Gasteiger partial charge >= 0.3 is 11.9 Å². The molecule has 0 bridgehead atoms.